The van der Waals surface area contributed by atoms with E-state index in [4.69, 9.17) is 0 Å². The summed E-state index contributed by atoms with van der Waals surface area (Å²) >= 11 is 1.46. The number of hydrogen-bond acceptors (Lipinski definition) is 6. The van der Waals surface area contributed by atoms with Crippen molar-refractivity contribution >= 4 is 54.8 Å². The van der Waals surface area contributed by atoms with E-state index in [0.717, 1.165) is 27.9 Å². The third-order valence-electron chi connectivity index (χ3n) is 4.81. The summed E-state index contributed by atoms with van der Waals surface area (Å²) < 4.78 is 39.0. The molecule has 174 valence electrons. The number of aromatic nitrogens is 1. The monoisotopic (exact) mass is 499 g/mol. The van der Waals surface area contributed by atoms with Crippen molar-refractivity contribution in [3.8, 4) is 0 Å². The molecule has 0 radical (unpaired) electrons. The highest BCUT2D eigenvalue weighted by Crippen LogP contribution is 2.30. The van der Waals surface area contributed by atoms with E-state index in [-0.39, 0.29) is 41.8 Å². The molecule has 0 aliphatic heterocycles. The average molecular weight is 500 g/mol. The second kappa shape index (κ2) is 11.2. The summed E-state index contributed by atoms with van der Waals surface area (Å²) in [6, 6.07) is 10.7. The molecule has 1 amide bonds. The smallest absolute Gasteiger partial charge is 0.228 e. The van der Waals surface area contributed by atoms with Crippen molar-refractivity contribution in [2.75, 3.05) is 37.8 Å². The summed E-state index contributed by atoms with van der Waals surface area (Å²) in [5.41, 5.74) is 1.96. The molecule has 1 aromatic heterocycles. The van der Waals surface area contributed by atoms with Gasteiger partial charge in [0.05, 0.1) is 20.9 Å². The molecule has 0 aliphatic rings. The molecule has 0 saturated carbocycles. The van der Waals surface area contributed by atoms with E-state index in [2.05, 4.69) is 4.98 Å². The third kappa shape index (κ3) is 6.71. The molecular formula is C22H27ClFN3O3S2. The fourth-order valence-corrected chi connectivity index (χ4v) is 5.49. The van der Waals surface area contributed by atoms with Gasteiger partial charge in [0.15, 0.2) is 15.0 Å². The molecule has 0 saturated heterocycles. The van der Waals surface area contributed by atoms with Gasteiger partial charge in [-0.2, -0.15) is 0 Å². The second-order valence-corrected chi connectivity index (χ2v) is 10.8. The van der Waals surface area contributed by atoms with Gasteiger partial charge in [0.1, 0.15) is 5.82 Å². The molecule has 1 heterocycles. The maximum atomic E-state index is 13.1. The minimum atomic E-state index is -3.57. The predicted molar refractivity (Wildman–Crippen MR) is 130 cm³/mol. The van der Waals surface area contributed by atoms with E-state index >= 15 is 0 Å². The molecule has 2 aromatic carbocycles. The van der Waals surface area contributed by atoms with Gasteiger partial charge in [-0.1, -0.05) is 17.4 Å². The van der Waals surface area contributed by atoms with Gasteiger partial charge in [-0.3, -0.25) is 9.69 Å². The third-order valence-corrected chi connectivity index (χ3v) is 7.67. The number of fused-ring (bicyclic) bond motifs is 1. The van der Waals surface area contributed by atoms with Crippen LogP contribution >= 0.6 is 23.7 Å². The highest BCUT2D eigenvalue weighted by molar-refractivity contribution is 7.91. The number of benzene rings is 2. The number of nitrogens with zero attached hydrogens (tertiary/aromatic N) is 3. The van der Waals surface area contributed by atoms with Crippen LogP contribution in [0.15, 0.2) is 47.4 Å². The summed E-state index contributed by atoms with van der Waals surface area (Å²) in [6.45, 7) is 3.14. The lowest BCUT2D eigenvalue weighted by atomic mass is 10.2. The number of thiazole rings is 1. The van der Waals surface area contributed by atoms with Gasteiger partial charge >= 0.3 is 0 Å². The van der Waals surface area contributed by atoms with Crippen LogP contribution < -0.4 is 4.90 Å². The summed E-state index contributed by atoms with van der Waals surface area (Å²) in [5, 5.41) is 0.619. The maximum Gasteiger partial charge on any atom is 0.228 e. The lowest BCUT2D eigenvalue weighted by molar-refractivity contribution is -0.118. The van der Waals surface area contributed by atoms with Crippen molar-refractivity contribution in [2.24, 2.45) is 0 Å². The van der Waals surface area contributed by atoms with E-state index in [9.17, 15) is 17.6 Å². The van der Waals surface area contributed by atoms with Crippen LogP contribution in [-0.4, -0.2) is 57.1 Å². The van der Waals surface area contributed by atoms with Gasteiger partial charge in [0.2, 0.25) is 5.91 Å². The number of likely N-dealkylation sites (N-methyl/N-ethyl adjacent to an activating group) is 1. The minimum absolute atomic E-state index is 0. The van der Waals surface area contributed by atoms with Crippen LogP contribution in [-0.2, 0) is 14.6 Å². The molecule has 10 heteroatoms. The van der Waals surface area contributed by atoms with Gasteiger partial charge in [0.25, 0.3) is 0 Å². The highest BCUT2D eigenvalue weighted by Gasteiger charge is 2.21. The quantitative estimate of drug-likeness (QED) is 0.410. The highest BCUT2D eigenvalue weighted by atomic mass is 35.5. The van der Waals surface area contributed by atoms with Crippen LogP contribution in [0.2, 0.25) is 0 Å². The van der Waals surface area contributed by atoms with Crippen LogP contribution in [0.1, 0.15) is 18.4 Å². The van der Waals surface area contributed by atoms with Gasteiger partial charge in [-0.15, -0.1) is 12.4 Å². The lowest BCUT2D eigenvalue weighted by Crippen LogP contribution is -2.36. The lowest BCUT2D eigenvalue weighted by Gasteiger charge is -2.22. The second-order valence-electron chi connectivity index (χ2n) is 7.69. The van der Waals surface area contributed by atoms with Crippen LogP contribution in [0.4, 0.5) is 9.52 Å². The Balaban J connectivity index is 0.00000363. The first kappa shape index (κ1) is 26.2. The Hall–Kier alpha value is -2.07. The molecule has 0 aliphatic carbocycles. The van der Waals surface area contributed by atoms with E-state index in [1.807, 2.05) is 44.1 Å². The van der Waals surface area contributed by atoms with Crippen LogP contribution in [0.3, 0.4) is 0 Å². The van der Waals surface area contributed by atoms with Gasteiger partial charge in [0, 0.05) is 19.5 Å². The van der Waals surface area contributed by atoms with E-state index < -0.39 is 15.7 Å². The summed E-state index contributed by atoms with van der Waals surface area (Å²) in [4.78, 5) is 21.3. The number of carbonyl (C=O) groups is 1. The average Bonchev–Trinajstić information content (AvgIpc) is 3.10. The van der Waals surface area contributed by atoms with Gasteiger partial charge in [-0.25, -0.2) is 17.8 Å². The zero-order chi connectivity index (χ0) is 22.6. The van der Waals surface area contributed by atoms with Gasteiger partial charge in [-0.05, 0) is 69.4 Å². The number of carbonyl (C=O) groups excluding carboxylic acids is 1. The zero-order valence-corrected chi connectivity index (χ0v) is 20.7. The maximum absolute atomic E-state index is 13.1. The number of hydrogen-bond donors (Lipinski definition) is 0. The summed E-state index contributed by atoms with van der Waals surface area (Å²) in [7, 11) is 0.288. The Labute approximate surface area is 198 Å². The van der Waals surface area contributed by atoms with E-state index in [0.29, 0.717) is 18.2 Å². The number of rotatable bonds is 9. The molecule has 0 spiro atoms. The summed E-state index contributed by atoms with van der Waals surface area (Å²) in [5.74, 6) is -0.825. The number of sulfone groups is 1. The zero-order valence-electron chi connectivity index (χ0n) is 18.2. The van der Waals surface area contributed by atoms with Crippen LogP contribution in [0.25, 0.3) is 10.2 Å². The standard InChI is InChI=1S/C22H26FN3O3S2.ClH/c1-16-6-11-19-20(15-16)30-22(24-19)26(13-12-25(2)3)21(27)5-4-14-31(28,29)18-9-7-17(23)8-10-18;/h6-11,15H,4-5,12-14H2,1-3H3;1H. The fraction of sp³-hybridized carbons (Fsp3) is 0.364. The number of halogens is 2. The van der Waals surface area contributed by atoms with Crippen LogP contribution in [0.5, 0.6) is 0 Å². The molecule has 32 heavy (non-hydrogen) atoms. The predicted octanol–water partition coefficient (Wildman–Crippen LogP) is 4.31. The Kier molecular flexibility index (Phi) is 9.15. The normalized spacial score (nSPS) is 11.5. The SMILES string of the molecule is Cc1ccc2nc(N(CCN(C)C)C(=O)CCCS(=O)(=O)c3ccc(F)cc3)sc2c1.Cl. The summed E-state index contributed by atoms with van der Waals surface area (Å²) in [6.07, 6.45) is 0.268. The van der Waals surface area contributed by atoms with Crippen molar-refractivity contribution in [1.29, 1.82) is 0 Å². The molecule has 0 N–H and O–H groups in total. The van der Waals surface area contributed by atoms with Crippen LogP contribution in [0, 0.1) is 12.7 Å². The van der Waals surface area contributed by atoms with Crippen molar-refractivity contribution in [1.82, 2.24) is 9.88 Å². The first-order chi connectivity index (χ1) is 14.7. The van der Waals surface area contributed by atoms with Crippen molar-refractivity contribution in [3.05, 3.63) is 53.8 Å². The Morgan fingerprint density at radius 2 is 1.78 bits per heavy atom. The topological polar surface area (TPSA) is 70.6 Å². The first-order valence-electron chi connectivity index (χ1n) is 9.96. The Morgan fingerprint density at radius 1 is 1.09 bits per heavy atom. The van der Waals surface area contributed by atoms with E-state index in [1.54, 1.807) is 4.90 Å². The van der Waals surface area contributed by atoms with Crippen molar-refractivity contribution in [2.45, 2.75) is 24.7 Å². The minimum Gasteiger partial charge on any atom is -0.308 e. The molecule has 0 unspecified atom stereocenters. The number of amides is 1. The van der Waals surface area contributed by atoms with Gasteiger partial charge < -0.3 is 4.90 Å². The molecule has 3 rings (SSSR count). The largest absolute Gasteiger partial charge is 0.308 e. The number of aryl methyl sites for hydroxylation is 1. The molecule has 6 nitrogen and oxygen atoms in total. The van der Waals surface area contributed by atoms with Crippen molar-refractivity contribution < 1.29 is 17.6 Å². The molecular weight excluding hydrogens is 473 g/mol. The Bertz CT molecular complexity index is 1160. The molecule has 0 fully saturated rings. The van der Waals surface area contributed by atoms with E-state index in [1.165, 1.54) is 23.5 Å². The first-order valence-corrected chi connectivity index (χ1v) is 12.4. The molecule has 0 atom stereocenters. The van der Waals surface area contributed by atoms with Crippen molar-refractivity contribution in [3.63, 3.8) is 0 Å². The number of anilines is 1. The Morgan fingerprint density at radius 3 is 2.44 bits per heavy atom. The molecule has 0 bridgehead atoms. The fourth-order valence-electron chi connectivity index (χ4n) is 3.07. The molecule has 3 aromatic rings.